The predicted octanol–water partition coefficient (Wildman–Crippen LogP) is 2.49. The lowest BCUT2D eigenvalue weighted by Gasteiger charge is -2.20. The molecule has 1 rings (SSSR count). The number of carbonyl (C=O) groups is 1. The zero-order chi connectivity index (χ0) is 15.1. The van der Waals surface area contributed by atoms with Crippen molar-refractivity contribution in [2.45, 2.75) is 51.4 Å². The largest absolute Gasteiger partial charge is 0.481 e. The van der Waals surface area contributed by atoms with Gasteiger partial charge < -0.3 is 14.6 Å². The van der Waals surface area contributed by atoms with Gasteiger partial charge in [0.15, 0.2) is 5.16 Å². The van der Waals surface area contributed by atoms with Gasteiger partial charge in [-0.25, -0.2) is 4.98 Å². The third-order valence-electron chi connectivity index (χ3n) is 3.37. The average molecular weight is 299 g/mol. The van der Waals surface area contributed by atoms with Gasteiger partial charge in [-0.05, 0) is 47.2 Å². The van der Waals surface area contributed by atoms with Crippen LogP contribution in [0.15, 0.2) is 11.4 Å². The highest BCUT2D eigenvalue weighted by Gasteiger charge is 2.09. The summed E-state index contributed by atoms with van der Waals surface area (Å²) in [6.45, 7) is 8.39. The summed E-state index contributed by atoms with van der Waals surface area (Å²) in [4.78, 5) is 17.2. The van der Waals surface area contributed by atoms with E-state index in [1.54, 1.807) is 0 Å². The van der Waals surface area contributed by atoms with Crippen molar-refractivity contribution in [1.82, 2.24) is 14.5 Å². The molecule has 0 unspecified atom stereocenters. The fourth-order valence-electron chi connectivity index (χ4n) is 1.84. The summed E-state index contributed by atoms with van der Waals surface area (Å²) >= 11 is 1.29. The normalized spacial score (nSPS) is 11.5. The van der Waals surface area contributed by atoms with Crippen molar-refractivity contribution >= 4 is 17.7 Å². The number of hydrogen-bond donors (Lipinski definition) is 1. The molecule has 0 spiro atoms. The summed E-state index contributed by atoms with van der Waals surface area (Å²) in [6.07, 6.45) is 4.02. The monoisotopic (exact) mass is 299 g/mol. The first-order valence-corrected chi connectivity index (χ1v) is 7.97. The van der Waals surface area contributed by atoms with Crippen LogP contribution in [-0.4, -0.2) is 50.9 Å². The Morgan fingerprint density at radius 2 is 2.20 bits per heavy atom. The topological polar surface area (TPSA) is 58.4 Å². The van der Waals surface area contributed by atoms with E-state index in [9.17, 15) is 4.79 Å². The number of aliphatic carboxylic acids is 1. The second-order valence-corrected chi connectivity index (χ2v) is 6.24. The molecule has 0 radical (unpaired) electrons. The van der Waals surface area contributed by atoms with Crippen molar-refractivity contribution in [3.05, 3.63) is 11.9 Å². The van der Waals surface area contributed by atoms with E-state index in [1.807, 2.05) is 13.1 Å². The second-order valence-electron chi connectivity index (χ2n) is 5.30. The van der Waals surface area contributed by atoms with E-state index in [4.69, 9.17) is 5.11 Å². The number of thioether (sulfide) groups is 1. The number of carboxylic acids is 1. The van der Waals surface area contributed by atoms with E-state index < -0.39 is 5.97 Å². The van der Waals surface area contributed by atoms with Crippen molar-refractivity contribution in [3.63, 3.8) is 0 Å². The van der Waals surface area contributed by atoms with Gasteiger partial charge in [0.2, 0.25) is 0 Å². The lowest BCUT2D eigenvalue weighted by Crippen LogP contribution is -2.27. The number of aryl methyl sites for hydroxylation is 1. The standard InChI is InChI=1S/C14H25N3O2S/c1-11(2)16(4)7-5-6-8-17-12(3)9-15-14(17)20-10-13(18)19/h9,11H,5-8,10H2,1-4H3,(H,18,19). The lowest BCUT2D eigenvalue weighted by atomic mass is 10.2. The second kappa shape index (κ2) is 8.32. The summed E-state index contributed by atoms with van der Waals surface area (Å²) < 4.78 is 2.11. The van der Waals surface area contributed by atoms with E-state index in [-0.39, 0.29) is 5.75 Å². The molecule has 0 saturated carbocycles. The highest BCUT2D eigenvalue weighted by Crippen LogP contribution is 2.18. The molecule has 0 aliphatic rings. The van der Waals surface area contributed by atoms with Crippen molar-refractivity contribution in [1.29, 1.82) is 0 Å². The van der Waals surface area contributed by atoms with E-state index in [0.717, 1.165) is 36.8 Å². The Balaban J connectivity index is 2.43. The molecule has 6 heteroatoms. The van der Waals surface area contributed by atoms with Gasteiger partial charge in [0.05, 0.1) is 5.75 Å². The van der Waals surface area contributed by atoms with Gasteiger partial charge in [0.25, 0.3) is 0 Å². The number of unbranched alkanes of at least 4 members (excludes halogenated alkanes) is 1. The molecule has 0 bridgehead atoms. The van der Waals surface area contributed by atoms with Gasteiger partial charge in [-0.15, -0.1) is 0 Å². The maximum Gasteiger partial charge on any atom is 0.313 e. The Morgan fingerprint density at radius 3 is 2.80 bits per heavy atom. The molecule has 0 aliphatic carbocycles. The molecular formula is C14H25N3O2S. The van der Waals surface area contributed by atoms with Crippen LogP contribution < -0.4 is 0 Å². The van der Waals surface area contributed by atoms with E-state index in [1.165, 1.54) is 11.8 Å². The third-order valence-corrected chi connectivity index (χ3v) is 4.34. The number of rotatable bonds is 9. The number of carboxylic acid groups (broad SMARTS) is 1. The molecule has 114 valence electrons. The maximum atomic E-state index is 10.6. The summed E-state index contributed by atoms with van der Waals surface area (Å²) in [5, 5.41) is 9.54. The highest BCUT2D eigenvalue weighted by molar-refractivity contribution is 7.99. The third kappa shape index (κ3) is 5.54. The molecule has 1 N–H and O–H groups in total. The van der Waals surface area contributed by atoms with Crippen molar-refractivity contribution in [3.8, 4) is 0 Å². The fourth-order valence-corrected chi connectivity index (χ4v) is 2.61. The minimum Gasteiger partial charge on any atom is -0.481 e. The van der Waals surface area contributed by atoms with Crippen LogP contribution in [0.5, 0.6) is 0 Å². The number of hydrogen-bond acceptors (Lipinski definition) is 4. The molecular weight excluding hydrogens is 274 g/mol. The average Bonchev–Trinajstić information content (AvgIpc) is 2.72. The molecule has 1 aromatic rings. The molecule has 0 aliphatic heterocycles. The minimum atomic E-state index is -0.805. The molecule has 1 heterocycles. The Morgan fingerprint density at radius 1 is 1.50 bits per heavy atom. The number of nitrogens with zero attached hydrogens (tertiary/aromatic N) is 3. The molecule has 5 nitrogen and oxygen atoms in total. The van der Waals surface area contributed by atoms with Gasteiger partial charge in [0, 0.05) is 24.5 Å². The number of aromatic nitrogens is 2. The molecule has 0 atom stereocenters. The highest BCUT2D eigenvalue weighted by atomic mass is 32.2. The van der Waals surface area contributed by atoms with Crippen molar-refractivity contribution in [2.75, 3.05) is 19.3 Å². The summed E-state index contributed by atoms with van der Waals surface area (Å²) in [6, 6.07) is 0.576. The van der Waals surface area contributed by atoms with Crippen molar-refractivity contribution in [2.24, 2.45) is 0 Å². The van der Waals surface area contributed by atoms with E-state index in [0.29, 0.717) is 6.04 Å². The van der Waals surface area contributed by atoms with Crippen LogP contribution in [0.2, 0.25) is 0 Å². The zero-order valence-corrected chi connectivity index (χ0v) is 13.6. The molecule has 0 amide bonds. The van der Waals surface area contributed by atoms with Gasteiger partial charge in [-0.1, -0.05) is 11.8 Å². The Hall–Kier alpha value is -1.01. The fraction of sp³-hybridized carbons (Fsp3) is 0.714. The van der Waals surface area contributed by atoms with Crippen LogP contribution in [0.4, 0.5) is 0 Å². The number of imidazole rings is 1. The van der Waals surface area contributed by atoms with E-state index >= 15 is 0 Å². The first-order valence-electron chi connectivity index (χ1n) is 6.98. The molecule has 1 aromatic heterocycles. The van der Waals surface area contributed by atoms with E-state index in [2.05, 4.69) is 35.3 Å². The molecule has 0 fully saturated rings. The summed E-state index contributed by atoms with van der Waals surface area (Å²) in [5.74, 6) is -0.743. The predicted molar refractivity (Wildman–Crippen MR) is 82.3 cm³/mol. The van der Waals surface area contributed by atoms with Crippen LogP contribution in [0.25, 0.3) is 0 Å². The van der Waals surface area contributed by atoms with Crippen LogP contribution >= 0.6 is 11.8 Å². The van der Waals surface area contributed by atoms with Gasteiger partial charge >= 0.3 is 5.97 Å². The summed E-state index contributed by atoms with van der Waals surface area (Å²) in [7, 11) is 2.14. The van der Waals surface area contributed by atoms with Crippen LogP contribution in [-0.2, 0) is 11.3 Å². The lowest BCUT2D eigenvalue weighted by molar-refractivity contribution is -0.133. The van der Waals surface area contributed by atoms with Crippen LogP contribution in [0, 0.1) is 6.92 Å². The maximum absolute atomic E-state index is 10.6. The van der Waals surface area contributed by atoms with Gasteiger partial charge in [-0.3, -0.25) is 4.79 Å². The van der Waals surface area contributed by atoms with Crippen LogP contribution in [0.3, 0.4) is 0 Å². The quantitative estimate of drug-likeness (QED) is 0.561. The Kier molecular flexibility index (Phi) is 7.09. The Bertz CT molecular complexity index is 432. The smallest absolute Gasteiger partial charge is 0.313 e. The first kappa shape index (κ1) is 17.0. The van der Waals surface area contributed by atoms with Crippen LogP contribution in [0.1, 0.15) is 32.4 Å². The van der Waals surface area contributed by atoms with Gasteiger partial charge in [0.1, 0.15) is 0 Å². The summed E-state index contributed by atoms with van der Waals surface area (Å²) in [5.41, 5.74) is 1.09. The minimum absolute atomic E-state index is 0.0620. The van der Waals surface area contributed by atoms with Crippen molar-refractivity contribution < 1.29 is 9.90 Å². The molecule has 0 saturated heterocycles. The Labute approximate surface area is 125 Å². The first-order chi connectivity index (χ1) is 9.41. The molecule has 0 aromatic carbocycles. The van der Waals surface area contributed by atoms with Gasteiger partial charge in [-0.2, -0.15) is 0 Å². The zero-order valence-electron chi connectivity index (χ0n) is 12.8. The SMILES string of the molecule is Cc1cnc(SCC(=O)O)n1CCCCN(C)C(C)C. The molecule has 20 heavy (non-hydrogen) atoms.